The van der Waals surface area contributed by atoms with E-state index >= 15 is 0 Å². The van der Waals surface area contributed by atoms with Gasteiger partial charge in [-0.25, -0.2) is 0 Å². The van der Waals surface area contributed by atoms with E-state index in [0.29, 0.717) is 5.92 Å². The second-order valence-corrected chi connectivity index (χ2v) is 7.83. The molecule has 1 saturated heterocycles. The number of aromatic nitrogens is 2. The summed E-state index contributed by atoms with van der Waals surface area (Å²) in [4.78, 5) is 13.2. The molecule has 2 aliphatic carbocycles. The van der Waals surface area contributed by atoms with E-state index in [1.165, 1.54) is 25.7 Å². The molecule has 134 valence electrons. The highest BCUT2D eigenvalue weighted by atomic mass is 35.5. The molecule has 4 rings (SSSR count). The summed E-state index contributed by atoms with van der Waals surface area (Å²) in [5.74, 6) is 2.60. The molecule has 2 N–H and O–H groups in total. The molecule has 3 fully saturated rings. The molecular weight excluding hydrogens is 324 g/mol. The van der Waals surface area contributed by atoms with Crippen LogP contribution in [0, 0.1) is 17.8 Å². The predicted octanol–water partition coefficient (Wildman–Crippen LogP) is 2.32. The van der Waals surface area contributed by atoms with Crippen molar-refractivity contribution in [1.29, 1.82) is 0 Å². The molecule has 2 heterocycles. The van der Waals surface area contributed by atoms with Crippen molar-refractivity contribution in [3.05, 3.63) is 18.5 Å². The standard InChI is InChI=1S/C18H28N4O.ClH/c1-13(16-12-14-3-4-15(16)11-14)21-17(23)18(5-8-19-9-6-18)22-10-2-7-20-22;/h2,7,10,13-16,19H,3-6,8-9,11-12H2,1H3,(H,21,23);1H. The highest BCUT2D eigenvalue weighted by Gasteiger charge is 2.46. The van der Waals surface area contributed by atoms with E-state index < -0.39 is 5.54 Å². The molecule has 2 bridgehead atoms. The number of hydrogen-bond donors (Lipinski definition) is 2. The van der Waals surface area contributed by atoms with E-state index in [9.17, 15) is 4.79 Å². The number of nitrogens with zero attached hydrogens (tertiary/aromatic N) is 2. The highest BCUT2D eigenvalue weighted by molar-refractivity contribution is 5.85. The lowest BCUT2D eigenvalue weighted by Gasteiger charge is -2.38. The van der Waals surface area contributed by atoms with Crippen molar-refractivity contribution in [2.24, 2.45) is 17.8 Å². The quantitative estimate of drug-likeness (QED) is 0.874. The third kappa shape index (κ3) is 2.97. The number of nitrogens with one attached hydrogen (secondary N) is 2. The van der Waals surface area contributed by atoms with Crippen LogP contribution in [0.1, 0.15) is 45.4 Å². The summed E-state index contributed by atoms with van der Waals surface area (Å²) in [5, 5.41) is 11.1. The van der Waals surface area contributed by atoms with Crippen molar-refractivity contribution in [2.45, 2.75) is 57.0 Å². The lowest BCUT2D eigenvalue weighted by Crippen LogP contribution is -2.57. The van der Waals surface area contributed by atoms with Crippen LogP contribution in [0.4, 0.5) is 0 Å². The van der Waals surface area contributed by atoms with Crippen LogP contribution in [0.3, 0.4) is 0 Å². The third-order valence-electron chi connectivity index (χ3n) is 6.59. The van der Waals surface area contributed by atoms with E-state index in [1.54, 1.807) is 6.20 Å². The van der Waals surface area contributed by atoms with E-state index in [4.69, 9.17) is 0 Å². The minimum atomic E-state index is -0.513. The average molecular weight is 353 g/mol. The Balaban J connectivity index is 0.00000169. The Morgan fingerprint density at radius 3 is 2.71 bits per heavy atom. The van der Waals surface area contributed by atoms with Gasteiger partial charge < -0.3 is 10.6 Å². The first-order valence-electron chi connectivity index (χ1n) is 9.21. The van der Waals surface area contributed by atoms with Crippen LogP contribution in [0.15, 0.2) is 18.5 Å². The monoisotopic (exact) mass is 352 g/mol. The molecule has 24 heavy (non-hydrogen) atoms. The van der Waals surface area contributed by atoms with Gasteiger partial charge in [-0.05, 0) is 75.9 Å². The van der Waals surface area contributed by atoms with E-state index in [2.05, 4.69) is 22.7 Å². The van der Waals surface area contributed by atoms with Gasteiger partial charge in [-0.15, -0.1) is 12.4 Å². The smallest absolute Gasteiger partial charge is 0.248 e. The summed E-state index contributed by atoms with van der Waals surface area (Å²) in [5.41, 5.74) is -0.513. The number of piperidine rings is 1. The maximum absolute atomic E-state index is 13.2. The maximum atomic E-state index is 13.2. The van der Waals surface area contributed by atoms with Crippen molar-refractivity contribution in [2.75, 3.05) is 13.1 Å². The minimum absolute atomic E-state index is 0. The molecule has 6 heteroatoms. The number of amides is 1. The lowest BCUT2D eigenvalue weighted by molar-refractivity contribution is -0.133. The molecule has 4 unspecified atom stereocenters. The van der Waals surface area contributed by atoms with E-state index in [-0.39, 0.29) is 24.4 Å². The van der Waals surface area contributed by atoms with Gasteiger partial charge in [0.15, 0.2) is 0 Å². The Hall–Kier alpha value is -1.07. The summed E-state index contributed by atoms with van der Waals surface area (Å²) >= 11 is 0. The maximum Gasteiger partial charge on any atom is 0.248 e. The Morgan fingerprint density at radius 1 is 1.33 bits per heavy atom. The largest absolute Gasteiger partial charge is 0.351 e. The highest BCUT2D eigenvalue weighted by Crippen LogP contribution is 2.49. The topological polar surface area (TPSA) is 59.0 Å². The van der Waals surface area contributed by atoms with Crippen molar-refractivity contribution in [1.82, 2.24) is 20.4 Å². The molecule has 4 atom stereocenters. The van der Waals surface area contributed by atoms with Gasteiger partial charge in [0, 0.05) is 18.4 Å². The van der Waals surface area contributed by atoms with Crippen LogP contribution < -0.4 is 10.6 Å². The van der Waals surface area contributed by atoms with Gasteiger partial charge in [0.2, 0.25) is 5.91 Å². The molecule has 5 nitrogen and oxygen atoms in total. The Labute approximate surface area is 150 Å². The molecular formula is C18H29ClN4O. The fourth-order valence-corrected chi connectivity index (χ4v) is 5.28. The first kappa shape index (κ1) is 17.7. The zero-order chi connectivity index (χ0) is 15.9. The predicted molar refractivity (Wildman–Crippen MR) is 96.1 cm³/mol. The number of fused-ring (bicyclic) bond motifs is 2. The van der Waals surface area contributed by atoms with Crippen LogP contribution in [-0.2, 0) is 10.3 Å². The molecule has 1 amide bonds. The molecule has 0 radical (unpaired) electrons. The molecule has 1 aliphatic heterocycles. The SMILES string of the molecule is CC(NC(=O)C1(n2cccn2)CCNCC1)C1CC2CCC1C2.Cl. The zero-order valence-electron chi connectivity index (χ0n) is 14.4. The minimum Gasteiger partial charge on any atom is -0.351 e. The number of halogens is 1. The van der Waals surface area contributed by atoms with Crippen molar-refractivity contribution >= 4 is 18.3 Å². The zero-order valence-corrected chi connectivity index (χ0v) is 15.2. The number of rotatable bonds is 4. The van der Waals surface area contributed by atoms with Gasteiger partial charge in [-0.1, -0.05) is 6.42 Å². The molecule has 0 aromatic carbocycles. The fraction of sp³-hybridized carbons (Fsp3) is 0.778. The van der Waals surface area contributed by atoms with Crippen LogP contribution >= 0.6 is 12.4 Å². The molecule has 1 aromatic heterocycles. The first-order valence-corrected chi connectivity index (χ1v) is 9.21. The number of carbonyl (C=O) groups excluding carboxylic acids is 1. The second-order valence-electron chi connectivity index (χ2n) is 7.83. The summed E-state index contributed by atoms with van der Waals surface area (Å²) < 4.78 is 1.89. The molecule has 0 spiro atoms. The Morgan fingerprint density at radius 2 is 2.12 bits per heavy atom. The molecule has 3 aliphatic rings. The number of carbonyl (C=O) groups is 1. The summed E-state index contributed by atoms with van der Waals surface area (Å²) in [6.07, 6.45) is 10.8. The summed E-state index contributed by atoms with van der Waals surface area (Å²) in [6.45, 7) is 3.95. The van der Waals surface area contributed by atoms with Crippen LogP contribution in [0.25, 0.3) is 0 Å². The van der Waals surface area contributed by atoms with Crippen LogP contribution in [0.5, 0.6) is 0 Å². The average Bonchev–Trinajstić information content (AvgIpc) is 3.32. The van der Waals surface area contributed by atoms with Crippen LogP contribution in [0.2, 0.25) is 0 Å². The van der Waals surface area contributed by atoms with E-state index in [0.717, 1.165) is 37.8 Å². The van der Waals surface area contributed by atoms with E-state index in [1.807, 2.05) is 16.9 Å². The molecule has 1 aromatic rings. The second kappa shape index (κ2) is 7.04. The summed E-state index contributed by atoms with van der Waals surface area (Å²) in [6, 6.07) is 2.19. The summed E-state index contributed by atoms with van der Waals surface area (Å²) in [7, 11) is 0. The van der Waals surface area contributed by atoms with Gasteiger partial charge >= 0.3 is 0 Å². The Bertz CT molecular complexity index is 555. The number of hydrogen-bond acceptors (Lipinski definition) is 3. The van der Waals surface area contributed by atoms with Gasteiger partial charge in [0.05, 0.1) is 0 Å². The Kier molecular flexibility index (Phi) is 5.21. The molecule has 2 saturated carbocycles. The normalized spacial score (nSPS) is 32.1. The fourth-order valence-electron chi connectivity index (χ4n) is 5.28. The van der Waals surface area contributed by atoms with Gasteiger partial charge in [-0.3, -0.25) is 9.48 Å². The third-order valence-corrected chi connectivity index (χ3v) is 6.59. The lowest BCUT2D eigenvalue weighted by atomic mass is 9.82. The first-order chi connectivity index (χ1) is 11.2. The van der Waals surface area contributed by atoms with Crippen molar-refractivity contribution < 1.29 is 4.79 Å². The van der Waals surface area contributed by atoms with Gasteiger partial charge in [0.1, 0.15) is 5.54 Å². The van der Waals surface area contributed by atoms with Gasteiger partial charge in [0.25, 0.3) is 0 Å². The van der Waals surface area contributed by atoms with Crippen molar-refractivity contribution in [3.63, 3.8) is 0 Å². The van der Waals surface area contributed by atoms with Crippen molar-refractivity contribution in [3.8, 4) is 0 Å². The van der Waals surface area contributed by atoms with Gasteiger partial charge in [-0.2, -0.15) is 5.10 Å². The van der Waals surface area contributed by atoms with Crippen LogP contribution in [-0.4, -0.2) is 34.8 Å².